The van der Waals surface area contributed by atoms with Crippen LogP contribution in [0.5, 0.6) is 0 Å². The lowest BCUT2D eigenvalue weighted by molar-refractivity contribution is -0.160. The number of imide groups is 1. The number of nitrogens with zero attached hydrogens (tertiary/aromatic N) is 1. The molecule has 0 spiro atoms. The molecule has 2 aromatic carbocycles. The predicted molar refractivity (Wildman–Crippen MR) is 122 cm³/mol. The molecule has 12 heteroatoms. The summed E-state index contributed by atoms with van der Waals surface area (Å²) in [6.45, 7) is -0.201. The zero-order valence-electron chi connectivity index (χ0n) is 19.8. The van der Waals surface area contributed by atoms with Gasteiger partial charge in [-0.1, -0.05) is 36.4 Å². The average molecular weight is 535 g/mol. The van der Waals surface area contributed by atoms with Crippen LogP contribution in [0.3, 0.4) is 0 Å². The molecule has 0 radical (unpaired) electrons. The van der Waals surface area contributed by atoms with Crippen molar-refractivity contribution in [3.05, 3.63) is 70.3 Å². The topological polar surface area (TPSA) is 95.6 Å². The summed E-state index contributed by atoms with van der Waals surface area (Å²) in [5.74, 6) is -6.96. The Labute approximate surface area is 213 Å². The van der Waals surface area contributed by atoms with Gasteiger partial charge in [0.1, 0.15) is 6.04 Å². The van der Waals surface area contributed by atoms with Crippen LogP contribution in [0.15, 0.2) is 42.5 Å². The van der Waals surface area contributed by atoms with Gasteiger partial charge in [0, 0.05) is 30.6 Å². The van der Waals surface area contributed by atoms with Crippen LogP contribution >= 0.6 is 0 Å². The highest BCUT2D eigenvalue weighted by molar-refractivity contribution is 6.05. The zero-order chi connectivity index (χ0) is 27.5. The smallest absolute Gasteiger partial charge is 0.346 e. The number of fused-ring (bicyclic) bond motifs is 1. The van der Waals surface area contributed by atoms with E-state index in [2.05, 4.69) is 10.6 Å². The standard InChI is InChI=1S/C26H22F5N3O4/c27-25(28,17-4-2-16(3-5-17)24(9-10-24)26(29,30)31)23(38)32-12-14-1-6-18-15(11-14)13-34(22(18)37)19-7-8-20(35)33-21(19)36/h1-6,11,19H,7-10,12-13H2,(H,32,38)(H,33,35,36). The Kier molecular flexibility index (Phi) is 6.03. The fraction of sp³-hybridized carbons (Fsp3) is 0.385. The minimum Gasteiger partial charge on any atom is -0.346 e. The minimum absolute atomic E-state index is 0.0875. The third-order valence-electron chi connectivity index (χ3n) is 7.42. The van der Waals surface area contributed by atoms with E-state index >= 15 is 0 Å². The fourth-order valence-corrected chi connectivity index (χ4v) is 5.02. The number of benzene rings is 2. The van der Waals surface area contributed by atoms with Crippen molar-refractivity contribution in [1.29, 1.82) is 0 Å². The third kappa shape index (κ3) is 4.31. The Hall–Kier alpha value is -3.83. The molecule has 2 aliphatic heterocycles. The van der Waals surface area contributed by atoms with Gasteiger partial charge in [0.2, 0.25) is 11.8 Å². The van der Waals surface area contributed by atoms with Gasteiger partial charge in [-0.3, -0.25) is 24.5 Å². The van der Waals surface area contributed by atoms with Crippen LogP contribution in [0.4, 0.5) is 22.0 Å². The lowest BCUT2D eigenvalue weighted by Crippen LogP contribution is -2.52. The Morgan fingerprint density at radius 3 is 2.32 bits per heavy atom. The van der Waals surface area contributed by atoms with Crippen molar-refractivity contribution in [2.75, 3.05) is 0 Å². The predicted octanol–water partition coefficient (Wildman–Crippen LogP) is 3.45. The maximum Gasteiger partial charge on any atom is 0.398 e. The van der Waals surface area contributed by atoms with Crippen molar-refractivity contribution in [2.24, 2.45) is 0 Å². The number of halogens is 5. The van der Waals surface area contributed by atoms with Crippen LogP contribution in [0.1, 0.15) is 58.3 Å². The molecule has 38 heavy (non-hydrogen) atoms. The number of nitrogens with one attached hydrogen (secondary N) is 2. The van der Waals surface area contributed by atoms with Gasteiger partial charge in [-0.15, -0.1) is 0 Å². The molecular weight excluding hydrogens is 513 g/mol. The highest BCUT2D eigenvalue weighted by atomic mass is 19.4. The molecule has 200 valence electrons. The van der Waals surface area contributed by atoms with Gasteiger partial charge in [-0.2, -0.15) is 22.0 Å². The van der Waals surface area contributed by atoms with Crippen molar-refractivity contribution < 1.29 is 41.1 Å². The molecular formula is C26H22F5N3O4. The molecule has 1 saturated heterocycles. The molecule has 1 saturated carbocycles. The van der Waals surface area contributed by atoms with Gasteiger partial charge in [0.15, 0.2) is 0 Å². The maximum atomic E-state index is 14.8. The summed E-state index contributed by atoms with van der Waals surface area (Å²) in [5.41, 5.74) is -1.52. The molecule has 1 atom stereocenters. The molecule has 1 unspecified atom stereocenters. The number of hydrogen-bond donors (Lipinski definition) is 2. The van der Waals surface area contributed by atoms with E-state index in [1.165, 1.54) is 17.0 Å². The molecule has 3 aliphatic rings. The van der Waals surface area contributed by atoms with Crippen LogP contribution in [0.2, 0.25) is 0 Å². The lowest BCUT2D eigenvalue weighted by Gasteiger charge is -2.29. The van der Waals surface area contributed by atoms with Crippen molar-refractivity contribution in [3.63, 3.8) is 0 Å². The fourth-order valence-electron chi connectivity index (χ4n) is 5.02. The number of carbonyl (C=O) groups excluding carboxylic acids is 4. The first kappa shape index (κ1) is 25.8. The van der Waals surface area contributed by atoms with E-state index in [1.54, 1.807) is 6.07 Å². The summed E-state index contributed by atoms with van der Waals surface area (Å²) >= 11 is 0. The second kappa shape index (κ2) is 8.88. The Morgan fingerprint density at radius 1 is 1.03 bits per heavy atom. The number of hydrogen-bond acceptors (Lipinski definition) is 4. The molecule has 2 fully saturated rings. The summed E-state index contributed by atoms with van der Waals surface area (Å²) in [6, 6.07) is 7.40. The first-order valence-corrected chi connectivity index (χ1v) is 11.9. The van der Waals surface area contributed by atoms with Crippen molar-refractivity contribution in [3.8, 4) is 0 Å². The number of alkyl halides is 5. The summed E-state index contributed by atoms with van der Waals surface area (Å²) in [7, 11) is 0. The van der Waals surface area contributed by atoms with E-state index in [0.717, 1.165) is 24.3 Å². The van der Waals surface area contributed by atoms with E-state index in [0.29, 0.717) is 16.7 Å². The average Bonchev–Trinajstić information content (AvgIpc) is 3.63. The molecule has 4 amide bonds. The quantitative estimate of drug-likeness (QED) is 0.438. The molecule has 0 bridgehead atoms. The van der Waals surface area contributed by atoms with Gasteiger partial charge in [-0.25, -0.2) is 0 Å². The molecule has 2 heterocycles. The van der Waals surface area contributed by atoms with Crippen molar-refractivity contribution in [1.82, 2.24) is 15.5 Å². The number of carbonyl (C=O) groups is 4. The minimum atomic E-state index is -4.48. The SMILES string of the molecule is O=C1CCC(N2Cc3cc(CNC(=O)C(F)(F)c4ccc(C5(C(F)(F)F)CC5)cc4)ccc3C2=O)C(=O)N1. The van der Waals surface area contributed by atoms with E-state index in [1.807, 2.05) is 0 Å². The van der Waals surface area contributed by atoms with Crippen molar-refractivity contribution >= 4 is 23.6 Å². The van der Waals surface area contributed by atoms with Crippen LogP contribution in [-0.4, -0.2) is 40.7 Å². The van der Waals surface area contributed by atoms with Gasteiger partial charge in [-0.05, 0) is 42.0 Å². The maximum absolute atomic E-state index is 14.8. The third-order valence-corrected chi connectivity index (χ3v) is 7.42. The van der Waals surface area contributed by atoms with Crippen LogP contribution < -0.4 is 10.6 Å². The molecule has 0 aromatic heterocycles. The summed E-state index contributed by atoms with van der Waals surface area (Å²) in [5, 5.41) is 4.34. The van der Waals surface area contributed by atoms with Crippen LogP contribution in [0.25, 0.3) is 0 Å². The number of piperidine rings is 1. The Morgan fingerprint density at radius 2 is 1.71 bits per heavy atom. The van der Waals surface area contributed by atoms with E-state index in [9.17, 15) is 41.1 Å². The second-order valence-electron chi connectivity index (χ2n) is 9.81. The summed E-state index contributed by atoms with van der Waals surface area (Å²) < 4.78 is 69.4. The normalized spacial score (nSPS) is 20.7. The summed E-state index contributed by atoms with van der Waals surface area (Å²) in [4.78, 5) is 50.0. The highest BCUT2D eigenvalue weighted by Crippen LogP contribution is 2.59. The molecule has 7 nitrogen and oxygen atoms in total. The lowest BCUT2D eigenvalue weighted by atomic mass is 9.93. The van der Waals surface area contributed by atoms with Gasteiger partial charge < -0.3 is 10.2 Å². The van der Waals surface area contributed by atoms with E-state index in [4.69, 9.17) is 0 Å². The first-order valence-electron chi connectivity index (χ1n) is 11.9. The van der Waals surface area contributed by atoms with Crippen LogP contribution in [0, 0.1) is 0 Å². The second-order valence-corrected chi connectivity index (χ2v) is 9.81. The molecule has 1 aliphatic carbocycles. The Bertz CT molecular complexity index is 1340. The highest BCUT2D eigenvalue weighted by Gasteiger charge is 2.64. The molecule has 2 N–H and O–H groups in total. The molecule has 2 aromatic rings. The van der Waals surface area contributed by atoms with E-state index in [-0.39, 0.29) is 44.3 Å². The van der Waals surface area contributed by atoms with Crippen LogP contribution in [-0.2, 0) is 38.8 Å². The first-order chi connectivity index (χ1) is 17.8. The summed E-state index contributed by atoms with van der Waals surface area (Å²) in [6.07, 6.45) is -4.39. The zero-order valence-corrected chi connectivity index (χ0v) is 19.8. The molecule has 5 rings (SSSR count). The largest absolute Gasteiger partial charge is 0.398 e. The van der Waals surface area contributed by atoms with Gasteiger partial charge in [0.25, 0.3) is 11.8 Å². The number of amides is 4. The number of rotatable bonds is 6. The van der Waals surface area contributed by atoms with Crippen molar-refractivity contribution in [2.45, 2.75) is 62.3 Å². The van der Waals surface area contributed by atoms with Gasteiger partial charge >= 0.3 is 12.1 Å². The van der Waals surface area contributed by atoms with E-state index < -0.39 is 52.7 Å². The monoisotopic (exact) mass is 535 g/mol. The van der Waals surface area contributed by atoms with Gasteiger partial charge in [0.05, 0.1) is 5.41 Å². The Balaban J connectivity index is 1.23.